The van der Waals surface area contributed by atoms with E-state index in [0.717, 1.165) is 12.0 Å². The van der Waals surface area contributed by atoms with Crippen molar-refractivity contribution >= 4 is 0 Å². The average molecular weight is 266 g/mol. The Kier molecular flexibility index (Phi) is 5.70. The predicted molar refractivity (Wildman–Crippen MR) is 83.5 cm³/mol. The van der Waals surface area contributed by atoms with E-state index in [9.17, 15) is 0 Å². The van der Waals surface area contributed by atoms with E-state index in [1.807, 2.05) is 0 Å². The summed E-state index contributed by atoms with van der Waals surface area (Å²) in [5.74, 6) is 1.02. The monoisotopic (exact) mass is 266 g/mol. The Balaban J connectivity index is 1.84. The van der Waals surface area contributed by atoms with E-state index in [1.54, 1.807) is 0 Å². The summed E-state index contributed by atoms with van der Waals surface area (Å²) >= 11 is 0. The first-order chi connectivity index (χ1) is 9.19. The number of rotatable bonds is 6. The van der Waals surface area contributed by atoms with E-state index >= 15 is 0 Å². The molecule has 2 heteroatoms. The van der Waals surface area contributed by atoms with Crippen LogP contribution in [0.1, 0.15) is 65.2 Å². The van der Waals surface area contributed by atoms with E-state index in [-0.39, 0.29) is 0 Å². The SMILES string of the molecule is CCCC1(CN(C)C2CCC(CC)CC2)CCNC1. The Labute approximate surface area is 120 Å². The second-order valence-electron chi connectivity index (χ2n) is 7.17. The van der Waals surface area contributed by atoms with Crippen LogP contribution in [0.2, 0.25) is 0 Å². The molecule has 2 nitrogen and oxygen atoms in total. The molecule has 2 rings (SSSR count). The number of hydrogen-bond donors (Lipinski definition) is 1. The summed E-state index contributed by atoms with van der Waals surface area (Å²) in [4.78, 5) is 2.70. The van der Waals surface area contributed by atoms with Crippen LogP contribution in [0.5, 0.6) is 0 Å². The number of nitrogens with zero attached hydrogens (tertiary/aromatic N) is 1. The Morgan fingerprint density at radius 2 is 1.89 bits per heavy atom. The van der Waals surface area contributed by atoms with Crippen LogP contribution in [-0.2, 0) is 0 Å². The Morgan fingerprint density at radius 1 is 1.16 bits per heavy atom. The normalized spacial score (nSPS) is 36.0. The van der Waals surface area contributed by atoms with E-state index in [1.165, 1.54) is 71.0 Å². The van der Waals surface area contributed by atoms with E-state index in [4.69, 9.17) is 0 Å². The molecule has 0 aromatic heterocycles. The van der Waals surface area contributed by atoms with Crippen molar-refractivity contribution < 1.29 is 0 Å². The van der Waals surface area contributed by atoms with Gasteiger partial charge in [0.1, 0.15) is 0 Å². The molecule has 0 spiro atoms. The molecule has 2 aliphatic rings. The molecule has 1 heterocycles. The Hall–Kier alpha value is -0.0800. The quantitative estimate of drug-likeness (QED) is 0.789. The average Bonchev–Trinajstić information content (AvgIpc) is 2.87. The van der Waals surface area contributed by atoms with Crippen molar-refractivity contribution in [3.63, 3.8) is 0 Å². The van der Waals surface area contributed by atoms with Gasteiger partial charge in [0.2, 0.25) is 0 Å². The lowest BCUT2D eigenvalue weighted by molar-refractivity contribution is 0.104. The van der Waals surface area contributed by atoms with Crippen LogP contribution in [0.25, 0.3) is 0 Å². The van der Waals surface area contributed by atoms with Crippen molar-refractivity contribution in [3.05, 3.63) is 0 Å². The summed E-state index contributed by atoms with van der Waals surface area (Å²) < 4.78 is 0. The van der Waals surface area contributed by atoms with Crippen molar-refractivity contribution in [3.8, 4) is 0 Å². The van der Waals surface area contributed by atoms with Gasteiger partial charge in [-0.2, -0.15) is 0 Å². The third-order valence-electron chi connectivity index (χ3n) is 5.71. The molecule has 1 saturated carbocycles. The fourth-order valence-electron chi connectivity index (χ4n) is 4.41. The molecule has 0 amide bonds. The largest absolute Gasteiger partial charge is 0.316 e. The molecule has 0 aromatic carbocycles. The van der Waals surface area contributed by atoms with Crippen molar-refractivity contribution in [2.75, 3.05) is 26.7 Å². The molecular weight excluding hydrogens is 232 g/mol. The summed E-state index contributed by atoms with van der Waals surface area (Å²) in [7, 11) is 2.38. The maximum Gasteiger partial charge on any atom is 0.00926 e. The molecule has 1 aliphatic heterocycles. The Morgan fingerprint density at radius 3 is 2.42 bits per heavy atom. The Bertz CT molecular complexity index is 250. The fraction of sp³-hybridized carbons (Fsp3) is 1.00. The van der Waals surface area contributed by atoms with Crippen LogP contribution in [0, 0.1) is 11.3 Å². The van der Waals surface area contributed by atoms with Crippen molar-refractivity contribution in [2.45, 2.75) is 71.3 Å². The highest BCUT2D eigenvalue weighted by molar-refractivity contribution is 4.91. The van der Waals surface area contributed by atoms with Gasteiger partial charge in [-0.05, 0) is 63.5 Å². The van der Waals surface area contributed by atoms with Gasteiger partial charge in [0.05, 0.1) is 0 Å². The molecule has 1 atom stereocenters. The van der Waals surface area contributed by atoms with Crippen molar-refractivity contribution in [1.82, 2.24) is 10.2 Å². The molecular formula is C17H34N2. The summed E-state index contributed by atoms with van der Waals surface area (Å²) in [6, 6.07) is 0.858. The zero-order chi connectivity index (χ0) is 13.7. The zero-order valence-corrected chi connectivity index (χ0v) is 13.4. The molecule has 1 saturated heterocycles. The van der Waals surface area contributed by atoms with Crippen LogP contribution in [0.3, 0.4) is 0 Å². The third kappa shape index (κ3) is 3.95. The van der Waals surface area contributed by atoms with Crippen LogP contribution in [-0.4, -0.2) is 37.6 Å². The van der Waals surface area contributed by atoms with E-state index < -0.39 is 0 Å². The van der Waals surface area contributed by atoms with Crippen LogP contribution in [0.4, 0.5) is 0 Å². The second kappa shape index (κ2) is 7.08. The number of nitrogens with one attached hydrogen (secondary N) is 1. The minimum absolute atomic E-state index is 0.575. The first kappa shape index (κ1) is 15.3. The van der Waals surface area contributed by atoms with Gasteiger partial charge in [0.25, 0.3) is 0 Å². The van der Waals surface area contributed by atoms with Crippen LogP contribution < -0.4 is 5.32 Å². The summed E-state index contributed by atoms with van der Waals surface area (Å²) in [6.07, 6.45) is 11.3. The molecule has 112 valence electrons. The third-order valence-corrected chi connectivity index (χ3v) is 5.71. The predicted octanol–water partition coefficient (Wildman–Crippen LogP) is 3.67. The molecule has 0 radical (unpaired) electrons. The highest BCUT2D eigenvalue weighted by atomic mass is 15.1. The number of hydrogen-bond acceptors (Lipinski definition) is 2. The molecule has 0 bridgehead atoms. The van der Waals surface area contributed by atoms with Gasteiger partial charge < -0.3 is 10.2 Å². The van der Waals surface area contributed by atoms with E-state index in [2.05, 4.69) is 31.1 Å². The first-order valence-electron chi connectivity index (χ1n) is 8.60. The summed E-state index contributed by atoms with van der Waals surface area (Å²) in [6.45, 7) is 8.49. The summed E-state index contributed by atoms with van der Waals surface area (Å²) in [5.41, 5.74) is 0.575. The highest BCUT2D eigenvalue weighted by Gasteiger charge is 2.35. The zero-order valence-electron chi connectivity index (χ0n) is 13.4. The lowest BCUT2D eigenvalue weighted by Gasteiger charge is -2.40. The fourth-order valence-corrected chi connectivity index (χ4v) is 4.41. The summed E-state index contributed by atoms with van der Waals surface area (Å²) in [5, 5.41) is 3.60. The maximum atomic E-state index is 3.60. The van der Waals surface area contributed by atoms with Crippen molar-refractivity contribution in [2.24, 2.45) is 11.3 Å². The van der Waals surface area contributed by atoms with E-state index in [0.29, 0.717) is 5.41 Å². The minimum atomic E-state index is 0.575. The minimum Gasteiger partial charge on any atom is -0.316 e. The van der Waals surface area contributed by atoms with Gasteiger partial charge in [-0.15, -0.1) is 0 Å². The maximum absolute atomic E-state index is 3.60. The molecule has 1 unspecified atom stereocenters. The molecule has 0 aromatic rings. The van der Waals surface area contributed by atoms with Crippen LogP contribution in [0.15, 0.2) is 0 Å². The van der Waals surface area contributed by atoms with Crippen molar-refractivity contribution in [1.29, 1.82) is 0 Å². The molecule has 2 fully saturated rings. The molecule has 1 aliphatic carbocycles. The standard InChI is InChI=1S/C17H34N2/c1-4-10-17(11-12-18-13-17)14-19(3)16-8-6-15(5-2)7-9-16/h15-16,18H,4-14H2,1-3H3. The van der Waals surface area contributed by atoms with Gasteiger partial charge in [-0.3, -0.25) is 0 Å². The molecule has 19 heavy (non-hydrogen) atoms. The lowest BCUT2D eigenvalue weighted by atomic mass is 9.80. The molecule has 1 N–H and O–H groups in total. The highest BCUT2D eigenvalue weighted by Crippen LogP contribution is 2.35. The first-order valence-corrected chi connectivity index (χ1v) is 8.60. The van der Waals surface area contributed by atoms with Gasteiger partial charge in [0.15, 0.2) is 0 Å². The van der Waals surface area contributed by atoms with Gasteiger partial charge in [0, 0.05) is 19.1 Å². The topological polar surface area (TPSA) is 15.3 Å². The van der Waals surface area contributed by atoms with Crippen LogP contribution >= 0.6 is 0 Å². The second-order valence-corrected chi connectivity index (χ2v) is 7.17. The lowest BCUT2D eigenvalue weighted by Crippen LogP contribution is -2.43. The van der Waals surface area contributed by atoms with Gasteiger partial charge >= 0.3 is 0 Å². The van der Waals surface area contributed by atoms with Gasteiger partial charge in [-0.25, -0.2) is 0 Å². The smallest absolute Gasteiger partial charge is 0.00926 e. The van der Waals surface area contributed by atoms with Gasteiger partial charge in [-0.1, -0.05) is 26.7 Å².